The molecule has 70 heavy (non-hydrogen) atoms. The van der Waals surface area contributed by atoms with Gasteiger partial charge in [0.2, 0.25) is 5.60 Å². The zero-order valence-electron chi connectivity index (χ0n) is 39.3. The molecule has 1 unspecified atom stereocenters. The Morgan fingerprint density at radius 3 is 1.96 bits per heavy atom. The number of esters is 9. The zero-order chi connectivity index (χ0) is 51.1. The third kappa shape index (κ3) is 8.73. The Balaban J connectivity index is 1.62. The van der Waals surface area contributed by atoms with Crippen LogP contribution in [0.3, 0.4) is 0 Å². The summed E-state index contributed by atoms with van der Waals surface area (Å²) in [6.07, 6.45) is -10.3. The van der Waals surface area contributed by atoms with Gasteiger partial charge in [-0.15, -0.1) is 0 Å². The number of pyridine rings is 1. The molecule has 2 aromatic heterocycles. The largest absolute Gasteiger partial charge is 0.472 e. The van der Waals surface area contributed by atoms with Gasteiger partial charge in [0.1, 0.15) is 48.3 Å². The first kappa shape index (κ1) is 50.7. The van der Waals surface area contributed by atoms with Gasteiger partial charge >= 0.3 is 53.7 Å². The van der Waals surface area contributed by atoms with Crippen molar-refractivity contribution in [2.24, 2.45) is 11.3 Å². The van der Waals surface area contributed by atoms with Crippen molar-refractivity contribution >= 4 is 53.7 Å². The fraction of sp³-hybridized carbons (Fsp3) is 0.500. The van der Waals surface area contributed by atoms with Crippen LogP contribution in [0.5, 0.6) is 0 Å². The summed E-state index contributed by atoms with van der Waals surface area (Å²) in [5.74, 6) is -11.9. The molecule has 4 aliphatic rings. The molecule has 22 nitrogen and oxygen atoms in total. The van der Waals surface area contributed by atoms with Gasteiger partial charge in [0, 0.05) is 47.2 Å². The van der Waals surface area contributed by atoms with Crippen LogP contribution >= 0.6 is 0 Å². The molecular weight excluding hydrogens is 927 g/mol. The first-order valence-electron chi connectivity index (χ1n) is 22.0. The van der Waals surface area contributed by atoms with E-state index in [9.17, 15) is 43.5 Å². The van der Waals surface area contributed by atoms with Crippen molar-refractivity contribution < 1.29 is 100 Å². The van der Waals surface area contributed by atoms with Crippen LogP contribution < -0.4 is 0 Å². The van der Waals surface area contributed by atoms with E-state index < -0.39 is 144 Å². The number of fused-ring (bicyclic) bond motifs is 5. The normalized spacial score (nSPS) is 33.3. The Morgan fingerprint density at radius 1 is 0.729 bits per heavy atom. The second-order valence-corrected chi connectivity index (χ2v) is 18.1. The molecular formula is C48H51NO21. The van der Waals surface area contributed by atoms with E-state index in [0.717, 1.165) is 54.7 Å². The Morgan fingerprint density at radius 2 is 1.36 bits per heavy atom. The van der Waals surface area contributed by atoms with E-state index in [1.54, 1.807) is 6.07 Å². The summed E-state index contributed by atoms with van der Waals surface area (Å²) in [6.45, 7) is 6.29. The lowest BCUT2D eigenvalue weighted by atomic mass is 9.45. The summed E-state index contributed by atoms with van der Waals surface area (Å²) < 4.78 is 66.7. The predicted molar refractivity (Wildman–Crippen MR) is 229 cm³/mol. The molecule has 1 aromatic carbocycles. The SMILES string of the molecule is CC(=O)OC[C@]12[C@H](OC(C)=O)[C@H](OC(C)=O)[C@@H]3[C@@H](OC(C)=O)[C@@]14O[C@@]3(C)COC(=O)c1cccnc1CCC(C)(OC(=O)c1ccoc1)C(=O)O[C@@H]([C@H](OC(=O)c1ccccc1)[C@@H]2OC(C)=O)[C@]4(C)O. The minimum Gasteiger partial charge on any atom is -0.472 e. The van der Waals surface area contributed by atoms with Crippen LogP contribution in [0.2, 0.25) is 0 Å². The third-order valence-corrected chi connectivity index (χ3v) is 13.2. The molecule has 2 aliphatic carbocycles. The van der Waals surface area contributed by atoms with Crippen LogP contribution in [-0.2, 0) is 82.6 Å². The molecule has 3 fully saturated rings. The molecule has 3 aromatic rings. The minimum atomic E-state index is -3.07. The van der Waals surface area contributed by atoms with Crippen molar-refractivity contribution in [3.05, 3.63) is 89.6 Å². The van der Waals surface area contributed by atoms with Crippen LogP contribution in [0.15, 0.2) is 71.7 Å². The van der Waals surface area contributed by atoms with Gasteiger partial charge in [-0.1, -0.05) is 18.2 Å². The quantitative estimate of drug-likeness (QED) is 0.226. The van der Waals surface area contributed by atoms with Crippen LogP contribution in [0.25, 0.3) is 0 Å². The van der Waals surface area contributed by atoms with Crippen molar-refractivity contribution in [1.82, 2.24) is 4.98 Å². The van der Waals surface area contributed by atoms with Gasteiger partial charge < -0.3 is 56.9 Å². The smallest absolute Gasteiger partial charge is 0.350 e. The zero-order valence-corrected chi connectivity index (χ0v) is 39.3. The van der Waals surface area contributed by atoms with E-state index in [2.05, 4.69) is 4.98 Å². The average molecular weight is 978 g/mol. The number of benzene rings is 1. The number of aromatic nitrogens is 1. The maximum Gasteiger partial charge on any atom is 0.350 e. The van der Waals surface area contributed by atoms with E-state index in [1.807, 2.05) is 0 Å². The minimum absolute atomic E-state index is 0.0387. The van der Waals surface area contributed by atoms with E-state index in [1.165, 1.54) is 61.8 Å². The first-order valence-corrected chi connectivity index (χ1v) is 22.0. The molecule has 1 N–H and O–H groups in total. The number of ether oxygens (including phenoxy) is 10. The monoisotopic (exact) mass is 977 g/mol. The molecule has 7 rings (SSSR count). The Hall–Kier alpha value is -7.20. The average Bonchev–Trinajstić information content (AvgIpc) is 3.91. The fourth-order valence-electron chi connectivity index (χ4n) is 10.5. The third-order valence-electron chi connectivity index (χ3n) is 13.2. The highest BCUT2D eigenvalue weighted by Crippen LogP contribution is 2.70. The first-order chi connectivity index (χ1) is 32.9. The van der Waals surface area contributed by atoms with Gasteiger partial charge in [-0.25, -0.2) is 19.2 Å². The maximum atomic E-state index is 15.3. The number of furan rings is 1. The van der Waals surface area contributed by atoms with E-state index >= 15 is 4.79 Å². The lowest BCUT2D eigenvalue weighted by Crippen LogP contribution is -2.89. The van der Waals surface area contributed by atoms with Crippen molar-refractivity contribution in [1.29, 1.82) is 0 Å². The number of carbonyl (C=O) groups is 9. The van der Waals surface area contributed by atoms with Crippen molar-refractivity contribution in [2.75, 3.05) is 13.2 Å². The van der Waals surface area contributed by atoms with Crippen molar-refractivity contribution in [3.8, 4) is 0 Å². The fourth-order valence-corrected chi connectivity index (χ4v) is 10.5. The molecule has 0 amide bonds. The highest BCUT2D eigenvalue weighted by molar-refractivity contribution is 5.93. The predicted octanol–water partition coefficient (Wildman–Crippen LogP) is 2.73. The maximum absolute atomic E-state index is 15.3. The van der Waals surface area contributed by atoms with Crippen LogP contribution in [0.4, 0.5) is 0 Å². The Kier molecular flexibility index (Phi) is 13.7. The number of aryl methyl sites for hydroxylation is 1. The molecule has 12 atom stereocenters. The number of hydrogen-bond acceptors (Lipinski definition) is 22. The standard InChI is InChI=1S/C48H51NO21/c1-24(50)61-23-47-38(65-27(4)53)34(63-25(2)51)33-36(64-26(3)52)48(47)46(8,59)37(35(39(47)66-28(5)54)67-40(55)29-13-10-9-11-14-29)68-43(58)44(6,69-41(56)30-17-20-60-21-30)18-16-32-31(15-12-19-49-32)42(57)62-22-45(33,7)70-48/h9-15,17,19-21,33-39,59H,16,18,22-23H2,1-8H3/t33-,34-,35+,36-,37+,38-,39+,44?,45+,46+,47-,48+/m1/s1. The molecule has 1 spiro atoms. The van der Waals surface area contributed by atoms with Crippen LogP contribution in [0, 0.1) is 11.3 Å². The van der Waals surface area contributed by atoms with Gasteiger partial charge in [-0.3, -0.25) is 29.0 Å². The number of carbonyl (C=O) groups excluding carboxylic acids is 9. The van der Waals surface area contributed by atoms with Gasteiger partial charge in [0.25, 0.3) is 0 Å². The summed E-state index contributed by atoms with van der Waals surface area (Å²) in [6, 6.07) is 11.3. The number of aliphatic hydroxyl groups is 1. The molecule has 374 valence electrons. The van der Waals surface area contributed by atoms with Crippen LogP contribution in [-0.4, -0.2) is 136 Å². The van der Waals surface area contributed by atoms with E-state index in [0.29, 0.717) is 0 Å². The molecule has 4 heterocycles. The number of hydrogen-bond donors (Lipinski definition) is 1. The molecule has 0 radical (unpaired) electrons. The summed E-state index contributed by atoms with van der Waals surface area (Å²) in [5, 5.41) is 13.9. The molecule has 2 aliphatic heterocycles. The van der Waals surface area contributed by atoms with Crippen molar-refractivity contribution in [3.63, 3.8) is 0 Å². The van der Waals surface area contributed by atoms with E-state index in [-0.39, 0.29) is 28.8 Å². The Bertz CT molecular complexity index is 2580. The molecule has 4 bridgehead atoms. The van der Waals surface area contributed by atoms with Gasteiger partial charge in [0.15, 0.2) is 30.0 Å². The number of cyclic esters (lactones) is 1. The van der Waals surface area contributed by atoms with Crippen LogP contribution in [0.1, 0.15) is 98.6 Å². The topological polar surface area (TPSA) is 292 Å². The second-order valence-electron chi connectivity index (χ2n) is 18.1. The lowest BCUT2D eigenvalue weighted by molar-refractivity contribution is -0.386. The highest BCUT2D eigenvalue weighted by Gasteiger charge is 2.92. The molecule has 22 heteroatoms. The van der Waals surface area contributed by atoms with E-state index in [4.69, 9.17) is 51.8 Å². The van der Waals surface area contributed by atoms with Gasteiger partial charge in [-0.2, -0.15) is 0 Å². The van der Waals surface area contributed by atoms with Gasteiger partial charge in [-0.05, 0) is 57.5 Å². The molecule has 1 saturated heterocycles. The number of rotatable bonds is 10. The number of nitrogens with zero attached hydrogens (tertiary/aromatic N) is 1. The van der Waals surface area contributed by atoms with Crippen molar-refractivity contribution in [2.45, 2.75) is 127 Å². The summed E-state index contributed by atoms with van der Waals surface area (Å²) in [5.41, 5.74) is -13.8. The lowest BCUT2D eigenvalue weighted by Gasteiger charge is -2.67. The highest BCUT2D eigenvalue weighted by atomic mass is 16.7. The summed E-state index contributed by atoms with van der Waals surface area (Å²) in [7, 11) is 0. The Labute approximate surface area is 399 Å². The summed E-state index contributed by atoms with van der Waals surface area (Å²) in [4.78, 5) is 130. The summed E-state index contributed by atoms with van der Waals surface area (Å²) >= 11 is 0. The van der Waals surface area contributed by atoms with Gasteiger partial charge in [0.05, 0.1) is 34.6 Å². The molecule has 2 saturated carbocycles. The second kappa shape index (κ2) is 18.9.